The van der Waals surface area contributed by atoms with Crippen LogP contribution < -0.4 is 0 Å². The second kappa shape index (κ2) is 6.34. The van der Waals surface area contributed by atoms with Crippen molar-refractivity contribution in [1.82, 2.24) is 9.47 Å². The van der Waals surface area contributed by atoms with E-state index in [1.165, 1.54) is 31.3 Å². The number of rotatable bonds is 4. The molecule has 2 atom stereocenters. The van der Waals surface area contributed by atoms with Crippen molar-refractivity contribution in [2.75, 3.05) is 27.7 Å². The third-order valence-corrected chi connectivity index (χ3v) is 5.73. The minimum absolute atomic E-state index is 0.204. The number of esters is 1. The summed E-state index contributed by atoms with van der Waals surface area (Å²) in [6, 6.07) is 8.25. The lowest BCUT2D eigenvalue weighted by molar-refractivity contribution is 0.0600. The van der Waals surface area contributed by atoms with Gasteiger partial charge in [-0.2, -0.15) is 0 Å². The summed E-state index contributed by atoms with van der Waals surface area (Å²) in [5.74, 6) is 0.784. The van der Waals surface area contributed by atoms with Crippen LogP contribution in [0.15, 0.2) is 30.3 Å². The van der Waals surface area contributed by atoms with E-state index < -0.39 is 0 Å². The number of hydrogen-bond donors (Lipinski definition) is 0. The van der Waals surface area contributed by atoms with Gasteiger partial charge >= 0.3 is 5.97 Å². The summed E-state index contributed by atoms with van der Waals surface area (Å²) in [7, 11) is 5.70. The number of fused-ring (bicyclic) bond motifs is 5. The van der Waals surface area contributed by atoms with Crippen molar-refractivity contribution in [3.05, 3.63) is 41.6 Å². The predicted molar refractivity (Wildman–Crippen MR) is 101 cm³/mol. The average Bonchev–Trinajstić information content (AvgIpc) is 3.20. The van der Waals surface area contributed by atoms with Crippen LogP contribution in [-0.4, -0.2) is 43.2 Å². The number of aromatic nitrogens is 1. The van der Waals surface area contributed by atoms with Crippen molar-refractivity contribution in [3.63, 3.8) is 0 Å². The minimum Gasteiger partial charge on any atom is -0.465 e. The lowest BCUT2D eigenvalue weighted by Gasteiger charge is -2.29. The van der Waals surface area contributed by atoms with Gasteiger partial charge in [-0.15, -0.1) is 0 Å². The Morgan fingerprint density at radius 2 is 2.08 bits per heavy atom. The lowest BCUT2D eigenvalue weighted by atomic mass is 9.86. The average molecular weight is 338 g/mol. The van der Waals surface area contributed by atoms with Gasteiger partial charge in [-0.3, -0.25) is 0 Å². The van der Waals surface area contributed by atoms with E-state index in [9.17, 15) is 4.79 Å². The fourth-order valence-corrected chi connectivity index (χ4v) is 4.62. The Labute approximate surface area is 149 Å². The third kappa shape index (κ3) is 2.60. The van der Waals surface area contributed by atoms with Crippen LogP contribution >= 0.6 is 0 Å². The van der Waals surface area contributed by atoms with Crippen LogP contribution in [0.3, 0.4) is 0 Å². The summed E-state index contributed by atoms with van der Waals surface area (Å²) in [4.78, 5) is 14.9. The highest BCUT2D eigenvalue weighted by atomic mass is 16.5. The van der Waals surface area contributed by atoms with E-state index in [4.69, 9.17) is 4.74 Å². The molecule has 4 rings (SSSR count). The standard InChI is InChI=1S/C21H26N2O2/c1-22(2)12-11-15-13-14-7-6-9-16(14)20-19(21(24)25-3)17-8-4-5-10-18(17)23(15)20/h4-5,8,10,13-14,16H,6-7,9,11-12H2,1-3H3/t14-,16-/m1/s1. The van der Waals surface area contributed by atoms with Gasteiger partial charge in [0, 0.05) is 35.7 Å². The maximum absolute atomic E-state index is 12.7. The second-order valence-electron chi connectivity index (χ2n) is 7.52. The number of ether oxygens (including phenoxy) is 1. The summed E-state index contributed by atoms with van der Waals surface area (Å²) >= 11 is 0. The van der Waals surface area contributed by atoms with E-state index in [1.54, 1.807) is 0 Å². The van der Waals surface area contributed by atoms with Crippen LogP contribution in [0, 0.1) is 5.92 Å². The molecule has 2 aromatic rings. The zero-order chi connectivity index (χ0) is 17.6. The molecule has 132 valence electrons. The van der Waals surface area contributed by atoms with Crippen LogP contribution in [-0.2, 0) is 4.74 Å². The quantitative estimate of drug-likeness (QED) is 0.787. The highest BCUT2D eigenvalue weighted by Crippen LogP contribution is 2.49. The first kappa shape index (κ1) is 16.4. The van der Waals surface area contributed by atoms with Gasteiger partial charge in [0.15, 0.2) is 0 Å². The van der Waals surface area contributed by atoms with Crippen molar-refractivity contribution in [3.8, 4) is 0 Å². The van der Waals surface area contributed by atoms with Gasteiger partial charge < -0.3 is 14.2 Å². The smallest absolute Gasteiger partial charge is 0.340 e. The summed E-state index contributed by atoms with van der Waals surface area (Å²) in [6.45, 7) is 1.00. The Kier molecular flexibility index (Phi) is 4.16. The van der Waals surface area contributed by atoms with Gasteiger partial charge in [0.25, 0.3) is 0 Å². The van der Waals surface area contributed by atoms with Crippen molar-refractivity contribution in [2.45, 2.75) is 31.6 Å². The molecule has 25 heavy (non-hydrogen) atoms. The Bertz CT molecular complexity index is 847. The molecule has 1 aromatic carbocycles. The van der Waals surface area contributed by atoms with E-state index in [1.807, 2.05) is 6.07 Å². The molecular formula is C21H26N2O2. The van der Waals surface area contributed by atoms with Crippen molar-refractivity contribution < 1.29 is 9.53 Å². The van der Waals surface area contributed by atoms with Crippen LogP contribution in [0.2, 0.25) is 0 Å². The predicted octanol–water partition coefficient (Wildman–Crippen LogP) is 4.12. The van der Waals surface area contributed by atoms with E-state index in [2.05, 4.69) is 47.8 Å². The molecule has 0 amide bonds. The van der Waals surface area contributed by atoms with Gasteiger partial charge in [0.2, 0.25) is 0 Å². The first-order valence-corrected chi connectivity index (χ1v) is 9.19. The molecule has 1 aliphatic heterocycles. The van der Waals surface area contributed by atoms with Gasteiger partial charge in [-0.05, 0) is 38.9 Å². The summed E-state index contributed by atoms with van der Waals surface area (Å²) < 4.78 is 7.53. The molecular weight excluding hydrogens is 312 g/mol. The van der Waals surface area contributed by atoms with Gasteiger partial charge in [0.1, 0.15) is 0 Å². The highest BCUT2D eigenvalue weighted by Gasteiger charge is 2.38. The fraction of sp³-hybridized carbons (Fsp3) is 0.476. The molecule has 2 heterocycles. The topological polar surface area (TPSA) is 34.5 Å². The Hall–Kier alpha value is -2.07. The Morgan fingerprint density at radius 1 is 1.28 bits per heavy atom. The molecule has 1 aromatic heterocycles. The van der Waals surface area contributed by atoms with E-state index in [0.29, 0.717) is 11.8 Å². The van der Waals surface area contributed by atoms with Crippen LogP contribution in [0.1, 0.15) is 47.7 Å². The lowest BCUT2D eigenvalue weighted by Crippen LogP contribution is -2.22. The van der Waals surface area contributed by atoms with E-state index >= 15 is 0 Å². The number of allylic oxidation sites excluding steroid dienone is 1. The maximum atomic E-state index is 12.7. The monoisotopic (exact) mass is 338 g/mol. The number of carbonyl (C=O) groups excluding carboxylic acids is 1. The number of carbonyl (C=O) groups is 1. The number of hydrogen-bond acceptors (Lipinski definition) is 3. The number of benzene rings is 1. The SMILES string of the molecule is COC(=O)c1c2n(c3ccccc13)C(CCN(C)C)=C[C@H]1CCC[C@@H]21. The third-order valence-electron chi connectivity index (χ3n) is 5.73. The van der Waals surface area contributed by atoms with Crippen molar-refractivity contribution in [2.24, 2.45) is 5.92 Å². The van der Waals surface area contributed by atoms with Gasteiger partial charge in [0.05, 0.1) is 18.2 Å². The van der Waals surface area contributed by atoms with Crippen LogP contribution in [0.25, 0.3) is 16.6 Å². The molecule has 0 spiro atoms. The first-order valence-electron chi connectivity index (χ1n) is 9.19. The van der Waals surface area contributed by atoms with Crippen molar-refractivity contribution in [1.29, 1.82) is 0 Å². The van der Waals surface area contributed by atoms with Gasteiger partial charge in [-0.1, -0.05) is 30.7 Å². The summed E-state index contributed by atoms with van der Waals surface area (Å²) in [6.07, 6.45) is 7.07. The summed E-state index contributed by atoms with van der Waals surface area (Å²) in [5, 5.41) is 1.02. The molecule has 1 aliphatic carbocycles. The molecule has 1 fully saturated rings. The zero-order valence-electron chi connectivity index (χ0n) is 15.3. The molecule has 2 aliphatic rings. The summed E-state index contributed by atoms with van der Waals surface area (Å²) in [5.41, 5.74) is 4.43. The van der Waals surface area contributed by atoms with Gasteiger partial charge in [-0.25, -0.2) is 4.79 Å². The molecule has 0 bridgehead atoms. The first-order chi connectivity index (χ1) is 12.1. The number of para-hydroxylation sites is 1. The largest absolute Gasteiger partial charge is 0.465 e. The molecule has 0 N–H and O–H groups in total. The number of methoxy groups -OCH3 is 1. The normalized spacial score (nSPS) is 22.0. The van der Waals surface area contributed by atoms with E-state index in [-0.39, 0.29) is 5.97 Å². The highest BCUT2D eigenvalue weighted by molar-refractivity contribution is 6.07. The zero-order valence-corrected chi connectivity index (χ0v) is 15.3. The van der Waals surface area contributed by atoms with E-state index in [0.717, 1.165) is 35.9 Å². The van der Waals surface area contributed by atoms with Crippen LogP contribution in [0.4, 0.5) is 0 Å². The second-order valence-corrected chi connectivity index (χ2v) is 7.52. The van der Waals surface area contributed by atoms with Crippen LogP contribution in [0.5, 0.6) is 0 Å². The molecule has 0 saturated heterocycles. The fourth-order valence-electron chi connectivity index (χ4n) is 4.62. The molecule has 4 heteroatoms. The maximum Gasteiger partial charge on any atom is 0.340 e. The molecule has 4 nitrogen and oxygen atoms in total. The number of nitrogens with zero attached hydrogens (tertiary/aromatic N) is 2. The Balaban J connectivity index is 1.96. The molecule has 1 saturated carbocycles. The molecule has 0 radical (unpaired) electrons. The van der Waals surface area contributed by atoms with Crippen molar-refractivity contribution >= 4 is 22.6 Å². The minimum atomic E-state index is -0.204. The molecule has 0 unspecified atom stereocenters. The Morgan fingerprint density at radius 3 is 2.84 bits per heavy atom.